The predicted molar refractivity (Wildman–Crippen MR) is 88.1 cm³/mol. The fraction of sp³-hybridized carbons (Fsp3) is 0.857. The molecule has 0 aromatic carbocycles. The van der Waals surface area contributed by atoms with Crippen molar-refractivity contribution in [3.05, 3.63) is 12.2 Å². The Balaban J connectivity index is 5.28. The molecule has 0 aromatic rings. The second kappa shape index (κ2) is 9.58. The van der Waals surface area contributed by atoms with E-state index in [4.69, 9.17) is 0 Å². The van der Waals surface area contributed by atoms with Gasteiger partial charge in [0, 0.05) is 0 Å². The average molecular weight is 340 g/mol. The van der Waals surface area contributed by atoms with Gasteiger partial charge in [-0.1, -0.05) is 52.2 Å². The number of sulfonamides is 2. The molecule has 21 heavy (non-hydrogen) atoms. The standard InChI is InChI=1S/C14H29NO4S2/c1-5-9-13(10-6-2)20(16,17)15-21(18,19)14(11-7-3)12-8-4/h5,9,13-15H,6-8,10-12H2,1-4H3/b9-5+. The highest BCUT2D eigenvalue weighted by molar-refractivity contribution is 8.05. The van der Waals surface area contributed by atoms with Crippen LogP contribution in [0.25, 0.3) is 0 Å². The summed E-state index contributed by atoms with van der Waals surface area (Å²) in [6.45, 7) is 7.39. The molecule has 1 atom stereocenters. The molecule has 126 valence electrons. The first kappa shape index (κ1) is 20.6. The molecule has 0 aliphatic carbocycles. The van der Waals surface area contributed by atoms with E-state index in [0.29, 0.717) is 38.5 Å². The summed E-state index contributed by atoms with van der Waals surface area (Å²) in [4.78, 5) is 0. The van der Waals surface area contributed by atoms with Crippen molar-refractivity contribution in [3.8, 4) is 0 Å². The third-order valence-electron chi connectivity index (χ3n) is 3.27. The minimum atomic E-state index is -3.91. The Morgan fingerprint density at radius 1 is 0.857 bits per heavy atom. The van der Waals surface area contributed by atoms with Gasteiger partial charge in [0.25, 0.3) is 0 Å². The first-order valence-corrected chi connectivity index (χ1v) is 10.7. The van der Waals surface area contributed by atoms with Gasteiger partial charge in [0.1, 0.15) is 0 Å². The van der Waals surface area contributed by atoms with Crippen molar-refractivity contribution >= 4 is 20.0 Å². The lowest BCUT2D eigenvalue weighted by Gasteiger charge is -2.19. The lowest BCUT2D eigenvalue weighted by atomic mass is 10.2. The molecule has 0 bridgehead atoms. The molecular weight excluding hydrogens is 310 g/mol. The smallest absolute Gasteiger partial charge is 0.211 e. The minimum absolute atomic E-state index is 0.404. The van der Waals surface area contributed by atoms with Gasteiger partial charge in [-0.25, -0.2) is 16.8 Å². The summed E-state index contributed by atoms with van der Waals surface area (Å²) in [6, 6.07) is 0. The monoisotopic (exact) mass is 339 g/mol. The lowest BCUT2D eigenvalue weighted by Crippen LogP contribution is -2.42. The Labute approximate surface area is 130 Å². The van der Waals surface area contributed by atoms with Crippen LogP contribution in [0.1, 0.15) is 66.2 Å². The highest BCUT2D eigenvalue weighted by Crippen LogP contribution is 2.17. The van der Waals surface area contributed by atoms with Crippen molar-refractivity contribution < 1.29 is 16.8 Å². The largest absolute Gasteiger partial charge is 0.231 e. The molecule has 0 saturated heterocycles. The number of allylic oxidation sites excluding steroid dienone is 1. The second-order valence-electron chi connectivity index (χ2n) is 5.23. The van der Waals surface area contributed by atoms with Crippen LogP contribution in [-0.2, 0) is 20.0 Å². The van der Waals surface area contributed by atoms with E-state index >= 15 is 0 Å². The quantitative estimate of drug-likeness (QED) is 0.587. The van der Waals surface area contributed by atoms with Gasteiger partial charge >= 0.3 is 0 Å². The number of nitrogens with one attached hydrogen (secondary N) is 1. The zero-order valence-electron chi connectivity index (χ0n) is 13.5. The van der Waals surface area contributed by atoms with Gasteiger partial charge in [0.05, 0.1) is 10.5 Å². The van der Waals surface area contributed by atoms with E-state index in [1.807, 2.05) is 24.9 Å². The Morgan fingerprint density at radius 2 is 1.33 bits per heavy atom. The summed E-state index contributed by atoms with van der Waals surface area (Å²) in [5.41, 5.74) is 0. The van der Waals surface area contributed by atoms with Gasteiger partial charge in [-0.2, -0.15) is 0 Å². The van der Waals surface area contributed by atoms with Crippen LogP contribution in [0.15, 0.2) is 12.2 Å². The zero-order valence-corrected chi connectivity index (χ0v) is 15.1. The van der Waals surface area contributed by atoms with Gasteiger partial charge in [0.15, 0.2) is 0 Å². The molecule has 0 aromatic heterocycles. The van der Waals surface area contributed by atoms with Gasteiger partial charge < -0.3 is 0 Å². The van der Waals surface area contributed by atoms with Crippen LogP contribution in [0.4, 0.5) is 0 Å². The van der Waals surface area contributed by atoms with Crippen LogP contribution in [-0.4, -0.2) is 27.3 Å². The molecule has 0 aliphatic heterocycles. The van der Waals surface area contributed by atoms with E-state index in [9.17, 15) is 16.8 Å². The number of hydrogen-bond acceptors (Lipinski definition) is 4. The van der Waals surface area contributed by atoms with Gasteiger partial charge in [-0.3, -0.25) is 0 Å². The molecule has 0 rings (SSSR count). The summed E-state index contributed by atoms with van der Waals surface area (Å²) in [7, 11) is -7.77. The van der Waals surface area contributed by atoms with Crippen molar-refractivity contribution in [2.45, 2.75) is 76.7 Å². The Morgan fingerprint density at radius 3 is 1.71 bits per heavy atom. The maximum Gasteiger partial charge on any atom is 0.231 e. The third-order valence-corrected chi connectivity index (χ3v) is 7.67. The summed E-state index contributed by atoms with van der Waals surface area (Å²) in [5.74, 6) is 0. The first-order chi connectivity index (χ1) is 9.75. The van der Waals surface area contributed by atoms with Gasteiger partial charge in [-0.05, 0) is 26.2 Å². The van der Waals surface area contributed by atoms with E-state index in [0.717, 1.165) is 0 Å². The van der Waals surface area contributed by atoms with E-state index in [1.54, 1.807) is 13.0 Å². The van der Waals surface area contributed by atoms with Crippen LogP contribution in [0.3, 0.4) is 0 Å². The molecule has 0 spiro atoms. The maximum absolute atomic E-state index is 12.3. The van der Waals surface area contributed by atoms with Crippen molar-refractivity contribution in [1.29, 1.82) is 0 Å². The van der Waals surface area contributed by atoms with Crippen LogP contribution in [0.5, 0.6) is 0 Å². The zero-order chi connectivity index (χ0) is 16.5. The predicted octanol–water partition coefficient (Wildman–Crippen LogP) is 2.95. The van der Waals surface area contributed by atoms with Gasteiger partial charge in [-0.15, -0.1) is 4.13 Å². The molecule has 1 unspecified atom stereocenters. The minimum Gasteiger partial charge on any atom is -0.211 e. The fourth-order valence-corrected chi connectivity index (χ4v) is 6.58. The molecule has 0 fully saturated rings. The first-order valence-electron chi connectivity index (χ1n) is 7.64. The summed E-state index contributed by atoms with van der Waals surface area (Å²) in [5, 5.41) is -1.44. The summed E-state index contributed by atoms with van der Waals surface area (Å²) >= 11 is 0. The van der Waals surface area contributed by atoms with E-state index in [-0.39, 0.29) is 0 Å². The normalized spacial score (nSPS) is 14.9. The molecule has 1 N–H and O–H groups in total. The fourth-order valence-electron chi connectivity index (χ4n) is 2.24. The average Bonchev–Trinajstić information content (AvgIpc) is 2.37. The highest BCUT2D eigenvalue weighted by atomic mass is 32.3. The van der Waals surface area contributed by atoms with Crippen molar-refractivity contribution in [2.24, 2.45) is 0 Å². The van der Waals surface area contributed by atoms with Crippen molar-refractivity contribution in [1.82, 2.24) is 4.13 Å². The van der Waals surface area contributed by atoms with E-state index < -0.39 is 30.5 Å². The van der Waals surface area contributed by atoms with Crippen LogP contribution >= 0.6 is 0 Å². The molecule has 7 heteroatoms. The highest BCUT2D eigenvalue weighted by Gasteiger charge is 2.32. The lowest BCUT2D eigenvalue weighted by molar-refractivity contribution is 0.543. The van der Waals surface area contributed by atoms with Crippen molar-refractivity contribution in [3.63, 3.8) is 0 Å². The molecular formula is C14H29NO4S2. The Kier molecular flexibility index (Phi) is 9.40. The number of rotatable bonds is 11. The topological polar surface area (TPSA) is 80.3 Å². The molecule has 0 amide bonds. The van der Waals surface area contributed by atoms with E-state index in [1.165, 1.54) is 6.08 Å². The molecule has 0 aliphatic rings. The summed E-state index contributed by atoms with van der Waals surface area (Å²) < 4.78 is 51.2. The second-order valence-corrected chi connectivity index (χ2v) is 9.34. The molecule has 0 radical (unpaired) electrons. The van der Waals surface area contributed by atoms with Crippen LogP contribution < -0.4 is 4.13 Å². The van der Waals surface area contributed by atoms with Crippen LogP contribution in [0.2, 0.25) is 0 Å². The molecule has 0 saturated carbocycles. The molecule has 5 nitrogen and oxygen atoms in total. The van der Waals surface area contributed by atoms with Crippen LogP contribution in [0, 0.1) is 0 Å². The molecule has 0 heterocycles. The number of hydrogen-bond donors (Lipinski definition) is 1. The Bertz CT molecular complexity index is 503. The van der Waals surface area contributed by atoms with Crippen molar-refractivity contribution in [2.75, 3.05) is 0 Å². The Hall–Kier alpha value is -0.400. The SMILES string of the molecule is C/C=C/C(CCC)S(=O)(=O)NS(=O)(=O)C(CCC)CCC. The maximum atomic E-state index is 12.3. The van der Waals surface area contributed by atoms with E-state index in [2.05, 4.69) is 0 Å². The third kappa shape index (κ3) is 6.93. The van der Waals surface area contributed by atoms with Gasteiger partial charge in [0.2, 0.25) is 20.0 Å². The summed E-state index contributed by atoms with van der Waals surface area (Å²) in [6.07, 6.45) is 6.61.